The smallest absolute Gasteiger partial charge is 0.278 e. The predicted molar refractivity (Wildman–Crippen MR) is 86.9 cm³/mol. The zero-order valence-electron chi connectivity index (χ0n) is 12.5. The number of benzene rings is 1. The summed E-state index contributed by atoms with van der Waals surface area (Å²) in [5, 5.41) is 15.8. The molecule has 0 fully saturated rings. The molecule has 24 heavy (non-hydrogen) atoms. The van der Waals surface area contributed by atoms with E-state index >= 15 is 0 Å². The van der Waals surface area contributed by atoms with Crippen LogP contribution in [0.4, 0.5) is 11.5 Å². The highest BCUT2D eigenvalue weighted by atomic mass is 16.1. The maximum absolute atomic E-state index is 12.1. The van der Waals surface area contributed by atoms with Crippen LogP contribution in [-0.4, -0.2) is 25.7 Å². The molecule has 0 aliphatic rings. The Balaban J connectivity index is 1.71. The van der Waals surface area contributed by atoms with Crippen molar-refractivity contribution < 1.29 is 4.79 Å². The molecule has 0 bridgehead atoms. The molecule has 1 aromatic carbocycles. The van der Waals surface area contributed by atoms with E-state index in [-0.39, 0.29) is 11.5 Å². The van der Waals surface area contributed by atoms with Gasteiger partial charge in [0.1, 0.15) is 0 Å². The minimum atomic E-state index is -0.452. The largest absolute Gasteiger partial charge is 0.382 e. The van der Waals surface area contributed by atoms with Crippen molar-refractivity contribution >= 4 is 17.4 Å². The van der Waals surface area contributed by atoms with Gasteiger partial charge in [-0.1, -0.05) is 12.1 Å². The molecular weight excluding hydrogens is 306 g/mol. The number of hydrogen-bond acceptors (Lipinski definition) is 6. The van der Waals surface area contributed by atoms with Crippen LogP contribution < -0.4 is 11.1 Å². The Labute approximate surface area is 137 Å². The number of rotatable bonds is 4. The molecule has 118 valence electrons. The summed E-state index contributed by atoms with van der Waals surface area (Å²) in [5.41, 5.74) is 7.73. The SMILES string of the molecule is N#Cc1cccc(Cn2cc(NC(=O)c3nccnc3N)cn2)c1. The van der Waals surface area contributed by atoms with Gasteiger partial charge in [-0.25, -0.2) is 9.97 Å². The topological polar surface area (TPSA) is 123 Å². The van der Waals surface area contributed by atoms with Gasteiger partial charge in [0.2, 0.25) is 0 Å². The first kappa shape index (κ1) is 15.2. The number of nitrogens with two attached hydrogens (primary N) is 1. The molecule has 8 nitrogen and oxygen atoms in total. The van der Waals surface area contributed by atoms with Crippen molar-refractivity contribution in [2.24, 2.45) is 0 Å². The molecule has 0 saturated heterocycles. The first-order chi connectivity index (χ1) is 11.7. The van der Waals surface area contributed by atoms with Crippen LogP contribution in [0.25, 0.3) is 0 Å². The van der Waals surface area contributed by atoms with E-state index in [1.54, 1.807) is 23.0 Å². The maximum atomic E-state index is 12.1. The zero-order chi connectivity index (χ0) is 16.9. The lowest BCUT2D eigenvalue weighted by Crippen LogP contribution is -2.16. The third-order valence-electron chi connectivity index (χ3n) is 3.23. The fourth-order valence-electron chi connectivity index (χ4n) is 2.15. The summed E-state index contributed by atoms with van der Waals surface area (Å²) < 4.78 is 1.66. The first-order valence-corrected chi connectivity index (χ1v) is 7.05. The molecule has 0 radical (unpaired) electrons. The highest BCUT2D eigenvalue weighted by Gasteiger charge is 2.13. The van der Waals surface area contributed by atoms with Gasteiger partial charge in [0.15, 0.2) is 11.5 Å². The Morgan fingerprint density at radius 1 is 1.33 bits per heavy atom. The number of anilines is 2. The highest BCUT2D eigenvalue weighted by Crippen LogP contribution is 2.12. The van der Waals surface area contributed by atoms with E-state index in [4.69, 9.17) is 11.0 Å². The van der Waals surface area contributed by atoms with Crippen molar-refractivity contribution in [2.75, 3.05) is 11.1 Å². The van der Waals surface area contributed by atoms with Crippen LogP contribution in [0.3, 0.4) is 0 Å². The van der Waals surface area contributed by atoms with Crippen molar-refractivity contribution in [3.63, 3.8) is 0 Å². The average Bonchev–Trinajstić information content (AvgIpc) is 3.02. The maximum Gasteiger partial charge on any atom is 0.278 e. The predicted octanol–water partition coefficient (Wildman–Crippen LogP) is 1.43. The molecule has 0 spiro atoms. The Kier molecular flexibility index (Phi) is 4.16. The number of carbonyl (C=O) groups excluding carboxylic acids is 1. The van der Waals surface area contributed by atoms with Gasteiger partial charge in [-0.2, -0.15) is 10.4 Å². The molecule has 0 aliphatic heterocycles. The number of amides is 1. The third-order valence-corrected chi connectivity index (χ3v) is 3.23. The van der Waals surface area contributed by atoms with Gasteiger partial charge in [0.05, 0.1) is 30.1 Å². The van der Waals surface area contributed by atoms with Crippen LogP contribution in [0.1, 0.15) is 21.6 Å². The van der Waals surface area contributed by atoms with Crippen molar-refractivity contribution in [1.29, 1.82) is 5.26 Å². The fraction of sp³-hybridized carbons (Fsp3) is 0.0625. The van der Waals surface area contributed by atoms with Gasteiger partial charge in [0, 0.05) is 18.6 Å². The van der Waals surface area contributed by atoms with Crippen molar-refractivity contribution in [3.05, 3.63) is 65.9 Å². The van der Waals surface area contributed by atoms with E-state index in [9.17, 15) is 4.79 Å². The Morgan fingerprint density at radius 2 is 2.17 bits per heavy atom. The molecule has 0 unspecified atom stereocenters. The summed E-state index contributed by atoms with van der Waals surface area (Å²) in [5.74, 6) is -0.387. The van der Waals surface area contributed by atoms with Gasteiger partial charge >= 0.3 is 0 Å². The monoisotopic (exact) mass is 319 g/mol. The molecule has 1 amide bonds. The molecule has 0 atom stereocenters. The van der Waals surface area contributed by atoms with Crippen LogP contribution in [0.5, 0.6) is 0 Å². The number of aromatic nitrogens is 4. The minimum Gasteiger partial charge on any atom is -0.382 e. The van der Waals surface area contributed by atoms with Gasteiger partial charge in [-0.3, -0.25) is 9.48 Å². The minimum absolute atomic E-state index is 0.0620. The first-order valence-electron chi connectivity index (χ1n) is 7.05. The summed E-state index contributed by atoms with van der Waals surface area (Å²) >= 11 is 0. The van der Waals surface area contributed by atoms with E-state index < -0.39 is 5.91 Å². The van der Waals surface area contributed by atoms with E-state index in [2.05, 4.69) is 26.5 Å². The Hall–Kier alpha value is -3.73. The lowest BCUT2D eigenvalue weighted by molar-refractivity contribution is 0.102. The second-order valence-corrected chi connectivity index (χ2v) is 4.98. The third kappa shape index (κ3) is 3.36. The zero-order valence-corrected chi connectivity index (χ0v) is 12.5. The van der Waals surface area contributed by atoms with E-state index in [1.165, 1.54) is 18.6 Å². The van der Waals surface area contributed by atoms with Crippen molar-refractivity contribution in [3.8, 4) is 6.07 Å². The average molecular weight is 319 g/mol. The molecule has 3 N–H and O–H groups in total. The van der Waals surface area contributed by atoms with Crippen LogP contribution in [0.15, 0.2) is 49.1 Å². The second-order valence-electron chi connectivity index (χ2n) is 4.98. The number of nitrogen functional groups attached to an aromatic ring is 1. The van der Waals surface area contributed by atoms with E-state index in [1.807, 2.05) is 12.1 Å². The molecule has 8 heteroatoms. The van der Waals surface area contributed by atoms with Crippen LogP contribution in [-0.2, 0) is 6.54 Å². The molecule has 0 aliphatic carbocycles. The Bertz CT molecular complexity index is 926. The lowest BCUT2D eigenvalue weighted by Gasteiger charge is -2.04. The van der Waals surface area contributed by atoms with Crippen molar-refractivity contribution in [1.82, 2.24) is 19.7 Å². The van der Waals surface area contributed by atoms with Gasteiger partial charge in [-0.15, -0.1) is 0 Å². The van der Waals surface area contributed by atoms with Gasteiger partial charge in [0.25, 0.3) is 5.91 Å². The van der Waals surface area contributed by atoms with Gasteiger partial charge in [-0.05, 0) is 17.7 Å². The molecular formula is C16H13N7O. The Morgan fingerprint density at radius 3 is 2.96 bits per heavy atom. The molecule has 0 saturated carbocycles. The van der Waals surface area contributed by atoms with Crippen LogP contribution in [0.2, 0.25) is 0 Å². The van der Waals surface area contributed by atoms with Crippen LogP contribution in [0, 0.1) is 11.3 Å². The lowest BCUT2D eigenvalue weighted by atomic mass is 10.1. The summed E-state index contributed by atoms with van der Waals surface area (Å²) in [6, 6.07) is 9.35. The molecule has 3 rings (SSSR count). The summed E-state index contributed by atoms with van der Waals surface area (Å²) in [6.07, 6.45) is 6.03. The molecule has 2 aromatic heterocycles. The number of nitrogens with zero attached hydrogens (tertiary/aromatic N) is 5. The summed E-state index contributed by atoms with van der Waals surface area (Å²) in [4.78, 5) is 19.9. The van der Waals surface area contributed by atoms with E-state index in [0.29, 0.717) is 17.8 Å². The molecule has 3 aromatic rings. The number of carbonyl (C=O) groups is 1. The van der Waals surface area contributed by atoms with Gasteiger partial charge < -0.3 is 11.1 Å². The normalized spacial score (nSPS) is 10.1. The standard InChI is InChI=1S/C16H13N7O/c17-7-11-2-1-3-12(6-11)9-23-10-13(8-21-23)22-16(24)14-15(18)20-5-4-19-14/h1-6,8,10H,9H2,(H2,18,20)(H,22,24). The van der Waals surface area contributed by atoms with Crippen LogP contribution >= 0.6 is 0 Å². The molecule has 2 heterocycles. The summed E-state index contributed by atoms with van der Waals surface area (Å²) in [7, 11) is 0. The highest BCUT2D eigenvalue weighted by molar-refractivity contribution is 6.05. The fourth-order valence-corrected chi connectivity index (χ4v) is 2.15. The number of hydrogen-bond donors (Lipinski definition) is 2. The number of nitriles is 1. The quantitative estimate of drug-likeness (QED) is 0.750. The van der Waals surface area contributed by atoms with Crippen molar-refractivity contribution in [2.45, 2.75) is 6.54 Å². The summed E-state index contributed by atoms with van der Waals surface area (Å²) in [6.45, 7) is 0.485. The van der Waals surface area contributed by atoms with E-state index in [0.717, 1.165) is 5.56 Å². The number of nitrogens with one attached hydrogen (secondary N) is 1. The second kappa shape index (κ2) is 6.58.